The largest absolute Gasteiger partial charge is 0.495 e. The fourth-order valence-electron chi connectivity index (χ4n) is 7.76. The first-order valence-electron chi connectivity index (χ1n) is 19.9. The molecule has 0 saturated carbocycles. The highest BCUT2D eigenvalue weighted by Crippen LogP contribution is 2.50. The summed E-state index contributed by atoms with van der Waals surface area (Å²) in [7, 11) is 4.48. The van der Waals surface area contributed by atoms with Gasteiger partial charge in [-0.05, 0) is 51.8 Å². The van der Waals surface area contributed by atoms with E-state index in [1.165, 1.54) is 26.0 Å². The van der Waals surface area contributed by atoms with Gasteiger partial charge in [0, 0.05) is 39.8 Å². The van der Waals surface area contributed by atoms with E-state index in [0.29, 0.717) is 22.9 Å². The van der Waals surface area contributed by atoms with E-state index in [0.717, 1.165) is 11.1 Å². The van der Waals surface area contributed by atoms with Crippen LogP contribution in [0.5, 0.6) is 5.75 Å². The smallest absolute Gasteiger partial charge is 0.358 e. The number of allylic oxidation sites excluding steroid dienone is 3. The second kappa shape index (κ2) is 20.4. The molecule has 3 amide bonds. The Hall–Kier alpha value is -4.02. The number of benzene rings is 1. The number of fused-ring (bicyclic) bond motifs is 6. The number of hydroxylamine groups is 2. The van der Waals surface area contributed by atoms with Crippen molar-refractivity contribution in [2.45, 2.75) is 114 Å². The zero-order valence-electron chi connectivity index (χ0n) is 35.4. The number of nitrogens with one attached hydrogen (secondary N) is 1. The molecule has 61 heavy (non-hydrogen) atoms. The molecule has 3 saturated heterocycles. The number of anilines is 1. The van der Waals surface area contributed by atoms with Crippen LogP contribution in [-0.2, 0) is 68.4 Å². The second-order valence-electron chi connectivity index (χ2n) is 15.8. The Kier molecular flexibility index (Phi) is 16.1. The molecule has 3 N–H and O–H groups in total. The molecule has 5 heterocycles. The molecule has 5 aliphatic rings. The molecule has 2 unspecified atom stereocenters. The number of nitrogens with zero attached hydrogens (tertiary/aromatic N) is 2. The van der Waals surface area contributed by atoms with Gasteiger partial charge < -0.3 is 57.8 Å². The minimum atomic E-state index is -1.78. The first-order valence-corrected chi connectivity index (χ1v) is 20.3. The summed E-state index contributed by atoms with van der Waals surface area (Å²) in [5, 5.41) is 25.9. The molecule has 3 fully saturated rings. The van der Waals surface area contributed by atoms with E-state index >= 15 is 0 Å². The van der Waals surface area contributed by atoms with E-state index in [4.69, 9.17) is 54.3 Å². The van der Waals surface area contributed by atoms with Crippen molar-refractivity contribution < 1.29 is 76.9 Å². The fraction of sp³-hybridized carbons (Fsp3) is 0.634. The minimum absolute atomic E-state index is 0.0140. The molecule has 0 spiro atoms. The lowest BCUT2D eigenvalue weighted by atomic mass is 9.72. The van der Waals surface area contributed by atoms with Crippen molar-refractivity contribution in [2.75, 3.05) is 59.2 Å². The maximum absolute atomic E-state index is 14.1. The minimum Gasteiger partial charge on any atom is -0.495 e. The number of rotatable bonds is 14. The number of halogens is 1. The first-order chi connectivity index (χ1) is 28.8. The average Bonchev–Trinajstić information content (AvgIpc) is 3.50. The van der Waals surface area contributed by atoms with Crippen molar-refractivity contribution in [3.05, 3.63) is 46.5 Å². The predicted octanol–water partition coefficient (Wildman–Crippen LogP) is 2.01. The van der Waals surface area contributed by atoms with Crippen molar-refractivity contribution >= 4 is 46.9 Å². The summed E-state index contributed by atoms with van der Waals surface area (Å²) < 4.78 is 46.0. The molecule has 6 bridgehead atoms. The summed E-state index contributed by atoms with van der Waals surface area (Å²) in [5.41, 5.74) is -2.06. The third kappa shape index (κ3) is 11.7. The van der Waals surface area contributed by atoms with Gasteiger partial charge in [-0.3, -0.25) is 14.4 Å². The second-order valence-corrected chi connectivity index (χ2v) is 16.2. The normalized spacial score (nSPS) is 31.5. The van der Waals surface area contributed by atoms with Crippen LogP contribution in [0.4, 0.5) is 5.69 Å². The van der Waals surface area contributed by atoms with Crippen molar-refractivity contribution in [1.82, 2.24) is 10.4 Å². The molecule has 5 aliphatic heterocycles. The van der Waals surface area contributed by atoms with Gasteiger partial charge in [0.2, 0.25) is 12.3 Å². The van der Waals surface area contributed by atoms with Crippen LogP contribution < -0.4 is 15.0 Å². The highest BCUT2D eigenvalue weighted by molar-refractivity contribution is 6.35. The molecule has 0 radical (unpaired) electrons. The van der Waals surface area contributed by atoms with Gasteiger partial charge in [0.25, 0.3) is 11.8 Å². The van der Waals surface area contributed by atoms with Gasteiger partial charge in [0.1, 0.15) is 35.2 Å². The van der Waals surface area contributed by atoms with Crippen LogP contribution in [0.25, 0.3) is 0 Å². The molecule has 1 aromatic carbocycles. The van der Waals surface area contributed by atoms with Crippen LogP contribution in [0.3, 0.4) is 0 Å². The van der Waals surface area contributed by atoms with Gasteiger partial charge in [-0.1, -0.05) is 35.4 Å². The topological polar surface area (TPSA) is 227 Å². The number of carbonyl (C=O) groups is 5. The van der Waals surface area contributed by atoms with Gasteiger partial charge in [0.15, 0.2) is 11.8 Å². The number of methoxy groups -OCH3 is 2. The Morgan fingerprint density at radius 1 is 1.03 bits per heavy atom. The van der Waals surface area contributed by atoms with Gasteiger partial charge >= 0.3 is 11.9 Å². The van der Waals surface area contributed by atoms with Gasteiger partial charge in [-0.25, -0.2) is 14.9 Å². The highest BCUT2D eigenvalue weighted by Gasteiger charge is 2.63. The van der Waals surface area contributed by atoms with Crippen LogP contribution in [-0.4, -0.2) is 147 Å². The van der Waals surface area contributed by atoms with Crippen molar-refractivity contribution in [3.63, 3.8) is 0 Å². The molecule has 0 aromatic heterocycles. The summed E-state index contributed by atoms with van der Waals surface area (Å²) in [4.78, 5) is 68.9. The number of ether oxygens (including phenoxy) is 8. The summed E-state index contributed by atoms with van der Waals surface area (Å²) in [6, 6.07) is 3.56. The molecule has 20 heteroatoms. The predicted molar refractivity (Wildman–Crippen MR) is 214 cm³/mol. The quantitative estimate of drug-likeness (QED) is 0.138. The number of aliphatic hydroxyl groups is 2. The summed E-state index contributed by atoms with van der Waals surface area (Å²) >= 11 is 6.76. The first kappa shape index (κ1) is 48.0. The lowest BCUT2D eigenvalue weighted by Gasteiger charge is -2.60. The number of carbonyl (C=O) groups excluding carboxylic acids is 5. The number of imide groups is 1. The number of esters is 1. The molecule has 1 aromatic rings. The number of hydrogen-bond acceptors (Lipinski definition) is 17. The number of amides is 3. The molecule has 0 aliphatic carbocycles. The van der Waals surface area contributed by atoms with E-state index in [-0.39, 0.29) is 63.6 Å². The average molecular weight is 882 g/mol. The third-order valence-corrected chi connectivity index (χ3v) is 11.3. The monoisotopic (exact) mass is 881 g/mol. The molecule has 19 nitrogen and oxygen atoms in total. The molecule has 338 valence electrons. The lowest BCUT2D eigenvalue weighted by molar-refractivity contribution is -0.364. The summed E-state index contributed by atoms with van der Waals surface area (Å²) in [6.45, 7) is 6.39. The molecular formula is C41H56ClN3O16. The van der Waals surface area contributed by atoms with Crippen LogP contribution in [0, 0.1) is 0 Å². The zero-order chi connectivity index (χ0) is 44.7. The number of aliphatic hydroxyl groups excluding tert-OH is 1. The maximum atomic E-state index is 14.1. The van der Waals surface area contributed by atoms with Gasteiger partial charge in [-0.15, -0.1) is 5.06 Å². The Labute approximate surface area is 359 Å². The molecular weight excluding hydrogens is 826 g/mol. The number of hydrogen-bond donors (Lipinski definition) is 3. The Bertz CT molecular complexity index is 1840. The Morgan fingerprint density at radius 2 is 1.70 bits per heavy atom. The van der Waals surface area contributed by atoms with Crippen LogP contribution in [0.2, 0.25) is 5.02 Å². The highest BCUT2D eigenvalue weighted by atomic mass is 35.5. The molecule has 8 atom stereocenters. The van der Waals surface area contributed by atoms with Crippen LogP contribution >= 0.6 is 11.6 Å². The van der Waals surface area contributed by atoms with Crippen molar-refractivity contribution in [2.24, 2.45) is 0 Å². The SMILES string of the molecule is COc1cc2cc(c1Cl)N(C)C(=O)C[C@H](OC(=O)[C@H](C)OCCOCCOCC(=O)ON1C(=O)CCC1=O)[C@@]1(C)C[C@@](C)(O1)C1C[C@@](O)(NC(O)O1)[C@H](OC)/C=C/C=C(\C)C2. The van der Waals surface area contributed by atoms with Crippen LogP contribution in [0.15, 0.2) is 35.9 Å². The van der Waals surface area contributed by atoms with Gasteiger partial charge in [-0.2, -0.15) is 0 Å². The maximum Gasteiger partial charge on any atom is 0.358 e. The Morgan fingerprint density at radius 3 is 2.38 bits per heavy atom. The standard InChI is InChI=1S/C41H56ClN3O16/c1-24-9-8-10-29(54-7)41(52)21-31(59-38(51)43-41)40(4)23-39(3,61-40)30(20-34(48)44(5)27-18-26(17-24)19-28(53-6)36(27)42)58-37(50)25(2)57-16-15-55-13-14-56-22-35(49)60-45-32(46)11-12-33(45)47/h8-10,18-19,25,29-31,38,43,51-52H,11-17,20-23H2,1-7H3/b10-8+,24-9+/t25-,29+,30-,31?,38?,39+,40+,41-/m0/s1. The van der Waals surface area contributed by atoms with E-state index < -0.39 is 84.0 Å². The lowest BCUT2D eigenvalue weighted by Crippen LogP contribution is -2.73. The third-order valence-electron chi connectivity index (χ3n) is 10.9. The van der Waals surface area contributed by atoms with E-state index in [9.17, 15) is 34.2 Å². The van der Waals surface area contributed by atoms with Crippen molar-refractivity contribution in [3.8, 4) is 5.75 Å². The van der Waals surface area contributed by atoms with E-state index in [2.05, 4.69) is 5.32 Å². The Balaban J connectivity index is 1.26. The van der Waals surface area contributed by atoms with E-state index in [1.807, 2.05) is 13.0 Å². The van der Waals surface area contributed by atoms with Crippen LogP contribution in [0.1, 0.15) is 65.4 Å². The van der Waals surface area contributed by atoms with Crippen molar-refractivity contribution in [1.29, 1.82) is 0 Å². The zero-order valence-corrected chi connectivity index (χ0v) is 36.2. The van der Waals surface area contributed by atoms with Gasteiger partial charge in [0.05, 0.1) is 57.4 Å². The van der Waals surface area contributed by atoms with E-state index in [1.54, 1.807) is 45.2 Å². The molecule has 6 rings (SSSR count). The fourth-order valence-corrected chi connectivity index (χ4v) is 8.07. The summed E-state index contributed by atoms with van der Waals surface area (Å²) in [6.07, 6.45) is -0.169. The summed E-state index contributed by atoms with van der Waals surface area (Å²) in [5.74, 6) is -2.98.